The molecule has 0 unspecified atom stereocenters. The summed E-state index contributed by atoms with van der Waals surface area (Å²) in [7, 11) is 0. The molecule has 0 atom stereocenters. The Morgan fingerprint density at radius 3 is 2.27 bits per heavy atom. The molecule has 0 bridgehead atoms. The number of nitrogens with zero attached hydrogens (tertiary/aromatic N) is 1. The number of hydrogen-bond donors (Lipinski definition) is 0. The predicted molar refractivity (Wildman–Crippen MR) is 62.9 cm³/mol. The number of ether oxygens (including phenoxy) is 1. The van der Waals surface area contributed by atoms with E-state index in [-0.39, 0.29) is 6.09 Å². The van der Waals surface area contributed by atoms with Crippen LogP contribution in [0.15, 0.2) is 12.2 Å². The van der Waals surface area contributed by atoms with Crippen LogP contribution < -0.4 is 0 Å². The van der Waals surface area contributed by atoms with Gasteiger partial charge in [0.1, 0.15) is 5.60 Å². The van der Waals surface area contributed by atoms with E-state index in [9.17, 15) is 4.79 Å². The molecule has 0 aromatic heterocycles. The number of rotatable bonds is 0. The third kappa shape index (κ3) is 6.15. The van der Waals surface area contributed by atoms with Gasteiger partial charge < -0.3 is 9.64 Å². The van der Waals surface area contributed by atoms with Gasteiger partial charge in [0, 0.05) is 13.1 Å². The quantitative estimate of drug-likeness (QED) is 0.578. The lowest BCUT2D eigenvalue weighted by molar-refractivity contribution is 0.0268. The second kappa shape index (κ2) is 6.49. The highest BCUT2D eigenvalue weighted by Gasteiger charge is 2.21. The van der Waals surface area contributed by atoms with E-state index in [0.29, 0.717) is 6.54 Å². The molecule has 1 heterocycles. The van der Waals surface area contributed by atoms with Gasteiger partial charge in [-0.3, -0.25) is 0 Å². The standard InChI is InChI=1S/C10H17NO2.C2H6/c1-10(2,3)13-9(12)11-7-5-4-6-8-11;1-2/h4-5H,6-8H2,1-3H3;1-2H3. The summed E-state index contributed by atoms with van der Waals surface area (Å²) < 4.78 is 5.23. The Kier molecular flexibility index (Phi) is 6.06. The fraction of sp³-hybridized carbons (Fsp3) is 0.750. The van der Waals surface area contributed by atoms with Crippen LogP contribution in [0, 0.1) is 0 Å². The van der Waals surface area contributed by atoms with Crippen LogP contribution in [0.25, 0.3) is 0 Å². The lowest BCUT2D eigenvalue weighted by atomic mass is 10.2. The minimum Gasteiger partial charge on any atom is -0.444 e. The molecule has 88 valence electrons. The molecular weight excluding hydrogens is 190 g/mol. The minimum atomic E-state index is -0.391. The molecule has 15 heavy (non-hydrogen) atoms. The molecule has 0 aliphatic carbocycles. The molecule has 0 aromatic rings. The summed E-state index contributed by atoms with van der Waals surface area (Å²) in [4.78, 5) is 13.2. The summed E-state index contributed by atoms with van der Waals surface area (Å²) in [6, 6.07) is 0. The summed E-state index contributed by atoms with van der Waals surface area (Å²) in [6.07, 6.45) is 4.80. The highest BCUT2D eigenvalue weighted by molar-refractivity contribution is 5.68. The van der Waals surface area contributed by atoms with Gasteiger partial charge in [0.05, 0.1) is 0 Å². The number of carbonyl (C=O) groups excluding carboxylic acids is 1. The summed E-state index contributed by atoms with van der Waals surface area (Å²) in [5.74, 6) is 0. The first-order chi connectivity index (χ1) is 6.99. The van der Waals surface area contributed by atoms with Crippen LogP contribution in [0.3, 0.4) is 0 Å². The summed E-state index contributed by atoms with van der Waals surface area (Å²) >= 11 is 0. The van der Waals surface area contributed by atoms with Crippen molar-refractivity contribution in [2.24, 2.45) is 0 Å². The molecule has 1 amide bonds. The van der Waals surface area contributed by atoms with Gasteiger partial charge in [0.25, 0.3) is 0 Å². The zero-order chi connectivity index (χ0) is 11.9. The Hall–Kier alpha value is -0.990. The highest BCUT2D eigenvalue weighted by atomic mass is 16.6. The van der Waals surface area contributed by atoms with E-state index >= 15 is 0 Å². The van der Waals surface area contributed by atoms with Gasteiger partial charge in [-0.1, -0.05) is 26.0 Å². The van der Waals surface area contributed by atoms with Crippen molar-refractivity contribution in [3.63, 3.8) is 0 Å². The van der Waals surface area contributed by atoms with Crippen molar-refractivity contribution in [1.82, 2.24) is 4.90 Å². The van der Waals surface area contributed by atoms with Crippen molar-refractivity contribution in [3.8, 4) is 0 Å². The fourth-order valence-corrected chi connectivity index (χ4v) is 1.13. The van der Waals surface area contributed by atoms with Crippen LogP contribution in [-0.4, -0.2) is 29.7 Å². The van der Waals surface area contributed by atoms with Crippen LogP contribution in [0.2, 0.25) is 0 Å². The lowest BCUT2D eigenvalue weighted by Crippen LogP contribution is -2.38. The van der Waals surface area contributed by atoms with Crippen LogP contribution in [0.5, 0.6) is 0 Å². The Balaban J connectivity index is 0.000000921. The molecule has 0 saturated heterocycles. The van der Waals surface area contributed by atoms with E-state index in [1.54, 1.807) is 4.90 Å². The molecule has 3 heteroatoms. The predicted octanol–water partition coefficient (Wildman–Crippen LogP) is 3.21. The van der Waals surface area contributed by atoms with Gasteiger partial charge in [-0.25, -0.2) is 4.79 Å². The van der Waals surface area contributed by atoms with Crippen LogP contribution in [0.4, 0.5) is 4.79 Å². The van der Waals surface area contributed by atoms with Crippen LogP contribution >= 0.6 is 0 Å². The van der Waals surface area contributed by atoms with Crippen molar-refractivity contribution in [2.75, 3.05) is 13.1 Å². The first-order valence-electron chi connectivity index (χ1n) is 5.62. The van der Waals surface area contributed by atoms with E-state index in [2.05, 4.69) is 6.08 Å². The normalized spacial score (nSPS) is 15.4. The topological polar surface area (TPSA) is 29.5 Å². The largest absolute Gasteiger partial charge is 0.444 e. The van der Waals surface area contributed by atoms with Crippen molar-refractivity contribution in [1.29, 1.82) is 0 Å². The Morgan fingerprint density at radius 2 is 1.87 bits per heavy atom. The number of hydrogen-bond acceptors (Lipinski definition) is 2. The van der Waals surface area contributed by atoms with Gasteiger partial charge in [0.15, 0.2) is 0 Å². The molecule has 0 N–H and O–H groups in total. The van der Waals surface area contributed by atoms with Gasteiger partial charge in [0.2, 0.25) is 0 Å². The third-order valence-corrected chi connectivity index (χ3v) is 1.71. The van der Waals surface area contributed by atoms with E-state index in [0.717, 1.165) is 13.0 Å². The smallest absolute Gasteiger partial charge is 0.410 e. The molecule has 3 nitrogen and oxygen atoms in total. The summed E-state index contributed by atoms with van der Waals surface area (Å²) in [5, 5.41) is 0. The van der Waals surface area contributed by atoms with Crippen molar-refractivity contribution in [2.45, 2.75) is 46.6 Å². The zero-order valence-electron chi connectivity index (χ0n) is 10.5. The van der Waals surface area contributed by atoms with E-state index in [1.165, 1.54) is 0 Å². The molecule has 0 fully saturated rings. The SMILES string of the molecule is CC.CC(C)(C)OC(=O)N1CC=CCC1. The molecule has 1 aliphatic rings. The number of carbonyl (C=O) groups is 1. The average Bonchev–Trinajstić information content (AvgIpc) is 2.20. The van der Waals surface area contributed by atoms with Gasteiger partial charge in [-0.2, -0.15) is 0 Å². The third-order valence-electron chi connectivity index (χ3n) is 1.71. The Bertz CT molecular complexity index is 216. The van der Waals surface area contributed by atoms with Crippen LogP contribution in [0.1, 0.15) is 41.0 Å². The van der Waals surface area contributed by atoms with Gasteiger partial charge >= 0.3 is 6.09 Å². The monoisotopic (exact) mass is 213 g/mol. The van der Waals surface area contributed by atoms with Crippen molar-refractivity contribution < 1.29 is 9.53 Å². The van der Waals surface area contributed by atoms with E-state index < -0.39 is 5.60 Å². The second-order valence-corrected chi connectivity index (χ2v) is 4.19. The first kappa shape index (κ1) is 14.0. The lowest BCUT2D eigenvalue weighted by Gasteiger charge is -2.27. The maximum absolute atomic E-state index is 11.5. The average molecular weight is 213 g/mol. The second-order valence-electron chi connectivity index (χ2n) is 4.19. The first-order valence-corrected chi connectivity index (χ1v) is 5.62. The molecule has 0 saturated carbocycles. The molecule has 0 aromatic carbocycles. The fourth-order valence-electron chi connectivity index (χ4n) is 1.13. The molecule has 0 radical (unpaired) electrons. The zero-order valence-corrected chi connectivity index (χ0v) is 10.5. The van der Waals surface area contributed by atoms with Crippen LogP contribution in [-0.2, 0) is 4.74 Å². The minimum absolute atomic E-state index is 0.211. The number of amides is 1. The Morgan fingerprint density at radius 1 is 1.27 bits per heavy atom. The van der Waals surface area contributed by atoms with Gasteiger partial charge in [-0.15, -0.1) is 0 Å². The highest BCUT2D eigenvalue weighted by Crippen LogP contribution is 2.11. The molecular formula is C12H23NO2. The molecule has 0 spiro atoms. The molecule has 1 aliphatic heterocycles. The maximum atomic E-state index is 11.5. The van der Waals surface area contributed by atoms with Gasteiger partial charge in [-0.05, 0) is 27.2 Å². The van der Waals surface area contributed by atoms with Crippen molar-refractivity contribution in [3.05, 3.63) is 12.2 Å². The Labute approximate surface area is 93.1 Å². The van der Waals surface area contributed by atoms with E-state index in [4.69, 9.17) is 4.74 Å². The van der Waals surface area contributed by atoms with Crippen molar-refractivity contribution >= 4 is 6.09 Å². The summed E-state index contributed by atoms with van der Waals surface area (Å²) in [6.45, 7) is 11.1. The summed E-state index contributed by atoms with van der Waals surface area (Å²) in [5.41, 5.74) is -0.391. The maximum Gasteiger partial charge on any atom is 0.410 e. The molecule has 1 rings (SSSR count). The van der Waals surface area contributed by atoms with E-state index in [1.807, 2.05) is 40.7 Å².